The van der Waals surface area contributed by atoms with Crippen molar-refractivity contribution in [3.05, 3.63) is 12.2 Å². The summed E-state index contributed by atoms with van der Waals surface area (Å²) in [4.78, 5) is 21.5. The van der Waals surface area contributed by atoms with Crippen molar-refractivity contribution in [1.82, 2.24) is 0 Å². The average Bonchev–Trinajstić information content (AvgIpc) is 2.57. The van der Waals surface area contributed by atoms with Crippen LogP contribution in [0.25, 0.3) is 0 Å². The molecule has 0 saturated heterocycles. The van der Waals surface area contributed by atoms with Crippen LogP contribution in [0.3, 0.4) is 0 Å². The molecule has 0 saturated carbocycles. The normalized spacial score (nSPS) is 11.4. The summed E-state index contributed by atoms with van der Waals surface area (Å²) >= 11 is 0. The molecule has 0 unspecified atom stereocenters. The molecule has 7 heteroatoms. The van der Waals surface area contributed by atoms with Crippen molar-refractivity contribution in [3.8, 4) is 0 Å². The van der Waals surface area contributed by atoms with E-state index >= 15 is 0 Å². The van der Waals surface area contributed by atoms with E-state index in [9.17, 15) is 22.8 Å². The predicted octanol–water partition coefficient (Wildman–Crippen LogP) is 3.77. The molecule has 0 aromatic carbocycles. The molecule has 0 aliphatic heterocycles. The Labute approximate surface area is 185 Å². The van der Waals surface area contributed by atoms with Crippen LogP contribution in [0.1, 0.15) is 98.2 Å². The Kier molecular flexibility index (Phi) is 20.3. The van der Waals surface area contributed by atoms with Gasteiger partial charge in [0, 0.05) is 6.42 Å². The Morgan fingerprint density at radius 2 is 1.26 bits per heavy atom. The van der Waals surface area contributed by atoms with E-state index in [4.69, 9.17) is 0 Å². The molecule has 0 N–H and O–H groups in total. The molecule has 0 aromatic heterocycles. The SMILES string of the molecule is CCCCCCCC/C=C\CCCCCCCC(=O)OC(=O)C(F)(F)F.[H-].[Na+]. The molecule has 0 radical (unpaired) electrons. The summed E-state index contributed by atoms with van der Waals surface area (Å²) in [6.07, 6.45) is 13.4. The number of unbranched alkanes of at least 4 members (excludes halogenated alkanes) is 11. The van der Waals surface area contributed by atoms with Gasteiger partial charge in [-0.25, -0.2) is 4.79 Å². The summed E-state index contributed by atoms with van der Waals surface area (Å²) in [5.74, 6) is -3.54. The van der Waals surface area contributed by atoms with E-state index in [1.807, 2.05) is 0 Å². The zero-order valence-corrected chi connectivity index (χ0v) is 18.9. The minimum atomic E-state index is -5.11. The number of halogens is 3. The van der Waals surface area contributed by atoms with Gasteiger partial charge in [0.05, 0.1) is 0 Å². The predicted molar refractivity (Wildman–Crippen MR) is 97.7 cm³/mol. The van der Waals surface area contributed by atoms with E-state index in [0.717, 1.165) is 38.5 Å². The Balaban J connectivity index is -0.00000312. The molecule has 0 aromatic rings. The maximum absolute atomic E-state index is 11.9. The maximum atomic E-state index is 11.9. The molecule has 0 spiro atoms. The molecule has 0 aliphatic rings. The largest absolute Gasteiger partial charge is 1.00 e. The molecule has 0 aliphatic carbocycles. The van der Waals surface area contributed by atoms with Gasteiger partial charge in [-0.05, 0) is 32.1 Å². The van der Waals surface area contributed by atoms with E-state index in [1.165, 1.54) is 38.5 Å². The third-order valence-electron chi connectivity index (χ3n) is 4.08. The number of carbonyl (C=O) groups excluding carboxylic acids is 2. The van der Waals surface area contributed by atoms with Crippen LogP contribution in [0, 0.1) is 0 Å². The average molecular weight is 402 g/mol. The van der Waals surface area contributed by atoms with Crippen molar-refractivity contribution < 1.29 is 58.5 Å². The van der Waals surface area contributed by atoms with Crippen molar-refractivity contribution in [3.63, 3.8) is 0 Å². The molecular formula is C20H34F3NaO3. The molecule has 3 nitrogen and oxygen atoms in total. The van der Waals surface area contributed by atoms with Crippen LogP contribution in [0.5, 0.6) is 0 Å². The number of rotatable bonds is 15. The molecule has 0 heterocycles. The maximum Gasteiger partial charge on any atom is 1.00 e. The number of hydrogen-bond acceptors (Lipinski definition) is 3. The van der Waals surface area contributed by atoms with Gasteiger partial charge in [0.15, 0.2) is 0 Å². The van der Waals surface area contributed by atoms with Gasteiger partial charge in [-0.1, -0.05) is 70.4 Å². The molecule has 0 atom stereocenters. The van der Waals surface area contributed by atoms with Crippen molar-refractivity contribution in [2.75, 3.05) is 0 Å². The Hall–Kier alpha value is -0.330. The smallest absolute Gasteiger partial charge is 1.00 e. The molecule has 0 rings (SSSR count). The van der Waals surface area contributed by atoms with E-state index in [0.29, 0.717) is 6.42 Å². The van der Waals surface area contributed by atoms with Crippen LogP contribution in [-0.2, 0) is 14.3 Å². The molecular weight excluding hydrogens is 368 g/mol. The third kappa shape index (κ3) is 20.2. The summed E-state index contributed by atoms with van der Waals surface area (Å²) in [5, 5.41) is 0. The van der Waals surface area contributed by atoms with Crippen molar-refractivity contribution in [2.45, 2.75) is 103 Å². The molecule has 27 heavy (non-hydrogen) atoms. The van der Waals surface area contributed by atoms with Gasteiger partial charge in [-0.15, -0.1) is 0 Å². The van der Waals surface area contributed by atoms with Gasteiger partial charge in [-0.2, -0.15) is 13.2 Å². The summed E-state index contributed by atoms with van der Waals surface area (Å²) < 4.78 is 39.4. The van der Waals surface area contributed by atoms with E-state index < -0.39 is 18.1 Å². The Bertz CT molecular complexity index is 416. The fraction of sp³-hybridized carbons (Fsp3) is 0.800. The fourth-order valence-corrected chi connectivity index (χ4v) is 2.55. The van der Waals surface area contributed by atoms with Crippen molar-refractivity contribution in [1.29, 1.82) is 0 Å². The first-order chi connectivity index (χ1) is 12.4. The zero-order valence-electron chi connectivity index (χ0n) is 17.9. The molecule has 0 fully saturated rings. The van der Waals surface area contributed by atoms with Gasteiger partial charge in [0.25, 0.3) is 0 Å². The van der Waals surface area contributed by atoms with E-state index in [2.05, 4.69) is 23.8 Å². The minimum Gasteiger partial charge on any atom is -1.00 e. The third-order valence-corrected chi connectivity index (χ3v) is 4.08. The number of alkyl halides is 3. The minimum absolute atomic E-state index is 0. The van der Waals surface area contributed by atoms with E-state index in [-0.39, 0.29) is 37.4 Å². The first-order valence-electron chi connectivity index (χ1n) is 9.84. The quantitative estimate of drug-likeness (QED) is 0.138. The second-order valence-corrected chi connectivity index (χ2v) is 6.59. The summed E-state index contributed by atoms with van der Waals surface area (Å²) in [6, 6.07) is 0. The standard InChI is InChI=1S/C20H33F3O3.Na.H/c1-2-3-4-5-6-7-8-9-10-11-12-13-14-15-16-17-18(24)26-19(25)20(21,22)23;;/h9-10H,2-8,11-17H2,1H3;;/q;+1;-1/b10-9-;;. The molecule has 0 bridgehead atoms. The van der Waals surface area contributed by atoms with E-state index in [1.54, 1.807) is 0 Å². The number of hydrogen-bond donors (Lipinski definition) is 0. The van der Waals surface area contributed by atoms with Crippen LogP contribution in [0.4, 0.5) is 13.2 Å². The van der Waals surface area contributed by atoms with Gasteiger partial charge in [0.2, 0.25) is 0 Å². The van der Waals surface area contributed by atoms with Crippen molar-refractivity contribution >= 4 is 11.9 Å². The molecule has 0 amide bonds. The van der Waals surface area contributed by atoms with Gasteiger partial charge in [0.1, 0.15) is 0 Å². The topological polar surface area (TPSA) is 43.4 Å². The Morgan fingerprint density at radius 3 is 1.74 bits per heavy atom. The second kappa shape index (κ2) is 19.0. The monoisotopic (exact) mass is 402 g/mol. The van der Waals surface area contributed by atoms with Crippen LogP contribution < -0.4 is 29.6 Å². The summed E-state index contributed by atoms with van der Waals surface area (Å²) in [6.45, 7) is 2.22. The van der Waals surface area contributed by atoms with Crippen molar-refractivity contribution in [2.24, 2.45) is 0 Å². The van der Waals surface area contributed by atoms with Crippen LogP contribution in [0.15, 0.2) is 12.2 Å². The number of allylic oxidation sites excluding steroid dienone is 2. The Morgan fingerprint density at radius 1 is 0.815 bits per heavy atom. The second-order valence-electron chi connectivity index (χ2n) is 6.59. The number of esters is 2. The van der Waals surface area contributed by atoms with Gasteiger partial charge >= 0.3 is 47.7 Å². The van der Waals surface area contributed by atoms with Crippen LogP contribution in [-0.4, -0.2) is 18.1 Å². The zero-order chi connectivity index (χ0) is 19.7. The first-order valence-corrected chi connectivity index (χ1v) is 9.84. The first kappa shape index (κ1) is 28.9. The number of ether oxygens (including phenoxy) is 1. The summed E-state index contributed by atoms with van der Waals surface area (Å²) in [5.41, 5.74) is 0. The number of carbonyl (C=O) groups is 2. The fourth-order valence-electron chi connectivity index (χ4n) is 2.55. The summed E-state index contributed by atoms with van der Waals surface area (Å²) in [7, 11) is 0. The van der Waals surface area contributed by atoms with Gasteiger partial charge in [-0.3, -0.25) is 4.79 Å². The van der Waals surface area contributed by atoms with Crippen LogP contribution >= 0.6 is 0 Å². The van der Waals surface area contributed by atoms with Gasteiger partial charge < -0.3 is 6.16 Å². The molecule has 154 valence electrons. The van der Waals surface area contributed by atoms with Crippen LogP contribution in [0.2, 0.25) is 0 Å².